The molecule has 94 valence electrons. The molecule has 1 nitrogen and oxygen atoms in total. The first-order valence-electron chi connectivity index (χ1n) is 6.28. The molecule has 17 heavy (non-hydrogen) atoms. The summed E-state index contributed by atoms with van der Waals surface area (Å²) in [6.07, 6.45) is 3.40. The van der Waals surface area contributed by atoms with Gasteiger partial charge in [-0.2, -0.15) is 0 Å². The van der Waals surface area contributed by atoms with Crippen LogP contribution in [0.5, 0.6) is 0 Å². The lowest BCUT2D eigenvalue weighted by Crippen LogP contribution is -2.33. The van der Waals surface area contributed by atoms with Gasteiger partial charge in [0, 0.05) is 6.04 Å². The zero-order valence-corrected chi connectivity index (χ0v) is 10.3. The molecule has 1 aromatic carbocycles. The van der Waals surface area contributed by atoms with Crippen LogP contribution in [0.25, 0.3) is 0 Å². The second-order valence-corrected chi connectivity index (χ2v) is 5.25. The van der Waals surface area contributed by atoms with Crippen LogP contribution in [-0.4, -0.2) is 6.04 Å². The summed E-state index contributed by atoms with van der Waals surface area (Å²) in [5, 5.41) is 3.16. The summed E-state index contributed by atoms with van der Waals surface area (Å²) in [6.45, 7) is 4.38. The number of halogens is 2. The van der Waals surface area contributed by atoms with E-state index >= 15 is 0 Å². The van der Waals surface area contributed by atoms with Crippen LogP contribution in [0.2, 0.25) is 0 Å². The highest BCUT2D eigenvalue weighted by atomic mass is 19.2. The molecule has 0 bridgehead atoms. The smallest absolute Gasteiger partial charge is 0.181 e. The normalized spacial score (nSPS) is 29.1. The third-order valence-electron chi connectivity index (χ3n) is 3.75. The molecule has 1 aliphatic carbocycles. The summed E-state index contributed by atoms with van der Waals surface area (Å²) in [4.78, 5) is 0. The molecule has 2 rings (SSSR count). The second-order valence-electron chi connectivity index (χ2n) is 5.25. The Morgan fingerprint density at radius 1 is 1.18 bits per heavy atom. The lowest BCUT2D eigenvalue weighted by atomic mass is 9.80. The van der Waals surface area contributed by atoms with Crippen LogP contribution in [-0.2, 0) is 0 Å². The molecule has 0 amide bonds. The maximum atomic E-state index is 13.5. The molecular weight excluding hydrogens is 220 g/mol. The van der Waals surface area contributed by atoms with Gasteiger partial charge in [0.25, 0.3) is 0 Å². The van der Waals surface area contributed by atoms with E-state index in [-0.39, 0.29) is 11.7 Å². The van der Waals surface area contributed by atoms with Gasteiger partial charge in [0.15, 0.2) is 11.6 Å². The van der Waals surface area contributed by atoms with Crippen molar-refractivity contribution in [1.82, 2.24) is 0 Å². The highest BCUT2D eigenvalue weighted by Crippen LogP contribution is 2.31. The average Bonchev–Trinajstić information content (AvgIpc) is 2.30. The molecule has 3 heteroatoms. The van der Waals surface area contributed by atoms with Crippen LogP contribution in [0.1, 0.15) is 33.1 Å². The van der Waals surface area contributed by atoms with Crippen LogP contribution in [0.15, 0.2) is 18.2 Å². The SMILES string of the molecule is CC1CCC(C)C(Nc2cccc(F)c2F)C1. The van der Waals surface area contributed by atoms with E-state index in [1.54, 1.807) is 6.07 Å². The van der Waals surface area contributed by atoms with Gasteiger partial charge in [-0.15, -0.1) is 0 Å². The van der Waals surface area contributed by atoms with E-state index < -0.39 is 11.6 Å². The molecule has 0 radical (unpaired) electrons. The minimum atomic E-state index is -0.786. The Bertz CT molecular complexity index is 392. The molecule has 3 unspecified atom stereocenters. The standard InChI is InChI=1S/C14H19F2N/c1-9-6-7-10(2)13(8-9)17-12-5-3-4-11(15)14(12)16/h3-5,9-10,13,17H,6-8H2,1-2H3. The number of benzene rings is 1. The summed E-state index contributed by atoms with van der Waals surface area (Å²) < 4.78 is 26.6. The van der Waals surface area contributed by atoms with E-state index in [9.17, 15) is 8.78 Å². The quantitative estimate of drug-likeness (QED) is 0.815. The third kappa shape index (κ3) is 2.76. The van der Waals surface area contributed by atoms with E-state index in [1.165, 1.54) is 12.5 Å². The van der Waals surface area contributed by atoms with Crippen LogP contribution < -0.4 is 5.32 Å². The summed E-state index contributed by atoms with van der Waals surface area (Å²) >= 11 is 0. The number of hydrogen-bond donors (Lipinski definition) is 1. The first kappa shape index (κ1) is 12.3. The van der Waals surface area contributed by atoms with E-state index in [2.05, 4.69) is 19.2 Å². The predicted molar refractivity (Wildman–Crippen MR) is 65.9 cm³/mol. The van der Waals surface area contributed by atoms with E-state index in [1.807, 2.05) is 0 Å². The van der Waals surface area contributed by atoms with Crippen LogP contribution in [0.3, 0.4) is 0 Å². The van der Waals surface area contributed by atoms with Gasteiger partial charge in [0.2, 0.25) is 0 Å². The van der Waals surface area contributed by atoms with Crippen molar-refractivity contribution in [2.24, 2.45) is 11.8 Å². The molecule has 1 aliphatic rings. The fraction of sp³-hybridized carbons (Fsp3) is 0.571. The Hall–Kier alpha value is -1.12. The molecule has 0 aliphatic heterocycles. The molecule has 1 fully saturated rings. The van der Waals surface area contributed by atoms with Gasteiger partial charge in [-0.05, 0) is 36.8 Å². The highest BCUT2D eigenvalue weighted by Gasteiger charge is 2.26. The van der Waals surface area contributed by atoms with Gasteiger partial charge in [0.1, 0.15) is 0 Å². The second kappa shape index (κ2) is 5.03. The van der Waals surface area contributed by atoms with Gasteiger partial charge in [-0.3, -0.25) is 0 Å². The molecule has 0 heterocycles. The van der Waals surface area contributed by atoms with Gasteiger partial charge in [0.05, 0.1) is 5.69 Å². The maximum absolute atomic E-state index is 13.5. The molecule has 0 saturated heterocycles. The molecule has 0 spiro atoms. The first-order valence-corrected chi connectivity index (χ1v) is 6.28. The Labute approximate surface area is 101 Å². The van der Waals surface area contributed by atoms with E-state index in [4.69, 9.17) is 0 Å². The number of rotatable bonds is 2. The predicted octanol–water partition coefficient (Wildman–Crippen LogP) is 4.20. The zero-order valence-electron chi connectivity index (χ0n) is 10.3. The van der Waals surface area contributed by atoms with Crippen LogP contribution in [0.4, 0.5) is 14.5 Å². The van der Waals surface area contributed by atoms with Gasteiger partial charge >= 0.3 is 0 Å². The third-order valence-corrected chi connectivity index (χ3v) is 3.75. The molecule has 3 atom stereocenters. The number of anilines is 1. The Balaban J connectivity index is 2.11. The average molecular weight is 239 g/mol. The van der Waals surface area contributed by atoms with E-state index in [0.29, 0.717) is 11.8 Å². The van der Waals surface area contributed by atoms with Crippen molar-refractivity contribution in [2.45, 2.75) is 39.2 Å². The summed E-state index contributed by atoms with van der Waals surface area (Å²) in [5.41, 5.74) is 0.288. The van der Waals surface area contributed by atoms with Crippen molar-refractivity contribution >= 4 is 5.69 Å². The van der Waals surface area contributed by atoms with Crippen LogP contribution in [0, 0.1) is 23.5 Å². The number of hydrogen-bond acceptors (Lipinski definition) is 1. The van der Waals surface area contributed by atoms with Gasteiger partial charge in [-0.25, -0.2) is 8.78 Å². The molecule has 0 aromatic heterocycles. The molecule has 1 saturated carbocycles. The summed E-state index contributed by atoms with van der Waals surface area (Å²) in [5.74, 6) is -0.390. The van der Waals surface area contributed by atoms with E-state index in [0.717, 1.165) is 18.9 Å². The molecule has 1 aromatic rings. The van der Waals surface area contributed by atoms with Crippen molar-refractivity contribution in [2.75, 3.05) is 5.32 Å². The summed E-state index contributed by atoms with van der Waals surface area (Å²) in [6, 6.07) is 4.53. The number of nitrogens with one attached hydrogen (secondary N) is 1. The topological polar surface area (TPSA) is 12.0 Å². The van der Waals surface area contributed by atoms with Crippen molar-refractivity contribution < 1.29 is 8.78 Å². The maximum Gasteiger partial charge on any atom is 0.181 e. The van der Waals surface area contributed by atoms with Gasteiger partial charge in [-0.1, -0.05) is 26.3 Å². The van der Waals surface area contributed by atoms with Crippen molar-refractivity contribution in [1.29, 1.82) is 0 Å². The largest absolute Gasteiger partial charge is 0.380 e. The first-order chi connectivity index (χ1) is 8.08. The summed E-state index contributed by atoms with van der Waals surface area (Å²) in [7, 11) is 0. The highest BCUT2D eigenvalue weighted by molar-refractivity contribution is 5.46. The zero-order chi connectivity index (χ0) is 12.4. The Morgan fingerprint density at radius 2 is 1.94 bits per heavy atom. The lowest BCUT2D eigenvalue weighted by molar-refractivity contribution is 0.280. The minimum absolute atomic E-state index is 0.245. The van der Waals surface area contributed by atoms with Crippen molar-refractivity contribution in [3.63, 3.8) is 0 Å². The fourth-order valence-corrected chi connectivity index (χ4v) is 2.55. The van der Waals surface area contributed by atoms with Gasteiger partial charge < -0.3 is 5.32 Å². The molecular formula is C14H19F2N. The van der Waals surface area contributed by atoms with Crippen LogP contribution >= 0.6 is 0 Å². The monoisotopic (exact) mass is 239 g/mol. The Kier molecular flexibility index (Phi) is 3.65. The minimum Gasteiger partial charge on any atom is -0.380 e. The Morgan fingerprint density at radius 3 is 2.71 bits per heavy atom. The van der Waals surface area contributed by atoms with Crippen molar-refractivity contribution in [3.8, 4) is 0 Å². The fourth-order valence-electron chi connectivity index (χ4n) is 2.55. The molecule has 1 N–H and O–H groups in total. The van der Waals surface area contributed by atoms with Crippen molar-refractivity contribution in [3.05, 3.63) is 29.8 Å². The lowest BCUT2D eigenvalue weighted by Gasteiger charge is -2.34.